The number of hydrogen-bond donors (Lipinski definition) is 1. The molecule has 0 unspecified atom stereocenters. The molecule has 1 amide bonds. The Morgan fingerprint density at radius 1 is 1.15 bits per heavy atom. The summed E-state index contributed by atoms with van der Waals surface area (Å²) in [5, 5.41) is 3.31. The van der Waals surface area contributed by atoms with Crippen LogP contribution in [0, 0.1) is 0 Å². The molecular formula is C22H28N4O. The van der Waals surface area contributed by atoms with Gasteiger partial charge in [-0.3, -0.25) is 19.6 Å². The lowest BCUT2D eigenvalue weighted by Crippen LogP contribution is -2.53. The molecule has 5 heteroatoms. The summed E-state index contributed by atoms with van der Waals surface area (Å²) in [5.74, 6) is 0.178. The molecule has 1 saturated heterocycles. The van der Waals surface area contributed by atoms with Crippen molar-refractivity contribution < 1.29 is 4.79 Å². The number of carbonyl (C=O) groups excluding carboxylic acids is 1. The van der Waals surface area contributed by atoms with Crippen molar-refractivity contribution in [3.05, 3.63) is 65.5 Å². The van der Waals surface area contributed by atoms with E-state index in [0.29, 0.717) is 0 Å². The minimum atomic E-state index is -0.0617. The zero-order valence-electron chi connectivity index (χ0n) is 16.0. The molecule has 0 spiro atoms. The van der Waals surface area contributed by atoms with Crippen molar-refractivity contribution in [2.24, 2.45) is 0 Å². The van der Waals surface area contributed by atoms with Crippen molar-refractivity contribution in [2.45, 2.75) is 44.4 Å². The Balaban J connectivity index is 1.28. The predicted octanol–water partition coefficient (Wildman–Crippen LogP) is 2.22. The lowest BCUT2D eigenvalue weighted by molar-refractivity contribution is -0.127. The zero-order chi connectivity index (χ0) is 18.6. The van der Waals surface area contributed by atoms with Crippen molar-refractivity contribution in [3.8, 4) is 0 Å². The second-order valence-electron chi connectivity index (χ2n) is 7.82. The Morgan fingerprint density at radius 3 is 2.67 bits per heavy atom. The molecule has 1 N–H and O–H groups in total. The number of pyridine rings is 1. The molecule has 142 valence electrons. The van der Waals surface area contributed by atoms with Crippen molar-refractivity contribution in [2.75, 3.05) is 20.1 Å². The van der Waals surface area contributed by atoms with Crippen LogP contribution in [0.1, 0.15) is 29.5 Å². The van der Waals surface area contributed by atoms with E-state index in [4.69, 9.17) is 0 Å². The van der Waals surface area contributed by atoms with Gasteiger partial charge in [0.05, 0.1) is 6.04 Å². The molecular weight excluding hydrogens is 336 g/mol. The smallest absolute Gasteiger partial charge is 0.237 e. The normalized spacial score (nSPS) is 21.6. The highest BCUT2D eigenvalue weighted by Crippen LogP contribution is 2.22. The van der Waals surface area contributed by atoms with Gasteiger partial charge in [0.25, 0.3) is 0 Å². The number of carbonyl (C=O) groups is 1. The molecule has 1 aromatic carbocycles. The molecule has 0 radical (unpaired) electrons. The number of fused-ring (bicyclic) bond motifs is 1. The molecule has 1 fully saturated rings. The van der Waals surface area contributed by atoms with Gasteiger partial charge in [0.15, 0.2) is 0 Å². The first-order valence-electron chi connectivity index (χ1n) is 9.87. The Hall–Kier alpha value is -2.24. The monoisotopic (exact) mass is 364 g/mol. The number of hydrogen-bond acceptors (Lipinski definition) is 4. The van der Waals surface area contributed by atoms with Crippen LogP contribution in [-0.4, -0.2) is 52.9 Å². The maximum Gasteiger partial charge on any atom is 0.237 e. The van der Waals surface area contributed by atoms with E-state index in [9.17, 15) is 4.79 Å². The molecule has 0 saturated carbocycles. The first-order chi connectivity index (χ1) is 13.2. The van der Waals surface area contributed by atoms with Gasteiger partial charge in [0, 0.05) is 44.6 Å². The fraction of sp³-hybridized carbons (Fsp3) is 0.455. The molecule has 4 rings (SSSR count). The quantitative estimate of drug-likeness (QED) is 0.904. The number of likely N-dealkylation sites (N-methyl/N-ethyl adjacent to an activating group) is 1. The van der Waals surface area contributed by atoms with Crippen LogP contribution in [0.25, 0.3) is 0 Å². The fourth-order valence-corrected chi connectivity index (χ4v) is 4.23. The Labute approximate surface area is 161 Å². The number of rotatable bonds is 4. The summed E-state index contributed by atoms with van der Waals surface area (Å²) >= 11 is 0. The van der Waals surface area contributed by atoms with Gasteiger partial charge in [-0.05, 0) is 49.1 Å². The van der Waals surface area contributed by atoms with E-state index < -0.39 is 0 Å². The molecule has 1 aromatic heterocycles. The Bertz CT molecular complexity index is 771. The minimum absolute atomic E-state index is 0.0617. The lowest BCUT2D eigenvalue weighted by Gasteiger charge is -2.36. The standard InChI is InChI=1S/C22H28N4O/c1-25-16-19-7-3-2-6-18(19)13-21(25)22(27)24-20-8-11-26(12-9-20)15-17-5-4-10-23-14-17/h2-7,10,14,20-21H,8-9,11-13,15-16H2,1H3,(H,24,27)/t21-/m0/s1. The zero-order valence-corrected chi connectivity index (χ0v) is 16.0. The summed E-state index contributed by atoms with van der Waals surface area (Å²) in [5.41, 5.74) is 3.90. The first-order valence-corrected chi connectivity index (χ1v) is 9.87. The second kappa shape index (κ2) is 8.19. The third kappa shape index (κ3) is 4.37. The highest BCUT2D eigenvalue weighted by molar-refractivity contribution is 5.82. The van der Waals surface area contributed by atoms with E-state index in [2.05, 4.69) is 57.5 Å². The third-order valence-electron chi connectivity index (χ3n) is 5.85. The summed E-state index contributed by atoms with van der Waals surface area (Å²) in [4.78, 5) is 21.7. The van der Waals surface area contributed by atoms with Gasteiger partial charge in [0.1, 0.15) is 0 Å². The highest BCUT2D eigenvalue weighted by atomic mass is 16.2. The van der Waals surface area contributed by atoms with Crippen molar-refractivity contribution in [3.63, 3.8) is 0 Å². The Kier molecular flexibility index (Phi) is 5.50. The second-order valence-corrected chi connectivity index (χ2v) is 7.82. The van der Waals surface area contributed by atoms with E-state index >= 15 is 0 Å². The van der Waals surface area contributed by atoms with Gasteiger partial charge in [-0.1, -0.05) is 30.3 Å². The summed E-state index contributed by atoms with van der Waals surface area (Å²) in [7, 11) is 2.05. The van der Waals surface area contributed by atoms with Gasteiger partial charge >= 0.3 is 0 Å². The molecule has 3 heterocycles. The molecule has 27 heavy (non-hydrogen) atoms. The Morgan fingerprint density at radius 2 is 1.93 bits per heavy atom. The number of benzene rings is 1. The molecule has 0 bridgehead atoms. The number of piperidine rings is 1. The van der Waals surface area contributed by atoms with Crippen LogP contribution < -0.4 is 5.32 Å². The van der Waals surface area contributed by atoms with E-state index in [1.807, 2.05) is 18.5 Å². The van der Waals surface area contributed by atoms with Crippen LogP contribution in [0.5, 0.6) is 0 Å². The molecule has 1 atom stereocenters. The fourth-order valence-electron chi connectivity index (χ4n) is 4.23. The van der Waals surface area contributed by atoms with E-state index in [1.54, 1.807) is 0 Å². The summed E-state index contributed by atoms with van der Waals surface area (Å²) in [6.45, 7) is 3.82. The van der Waals surface area contributed by atoms with Gasteiger partial charge in [-0.25, -0.2) is 0 Å². The van der Waals surface area contributed by atoms with Crippen molar-refractivity contribution >= 4 is 5.91 Å². The third-order valence-corrected chi connectivity index (χ3v) is 5.85. The molecule has 0 aliphatic carbocycles. The topological polar surface area (TPSA) is 48.5 Å². The number of likely N-dealkylation sites (tertiary alicyclic amines) is 1. The number of amides is 1. The van der Waals surface area contributed by atoms with Crippen LogP contribution in [-0.2, 0) is 24.3 Å². The maximum absolute atomic E-state index is 12.9. The van der Waals surface area contributed by atoms with E-state index in [-0.39, 0.29) is 18.0 Å². The van der Waals surface area contributed by atoms with Gasteiger partial charge < -0.3 is 5.32 Å². The minimum Gasteiger partial charge on any atom is -0.352 e. The van der Waals surface area contributed by atoms with Crippen LogP contribution in [0.4, 0.5) is 0 Å². The van der Waals surface area contributed by atoms with Gasteiger partial charge in [-0.15, -0.1) is 0 Å². The van der Waals surface area contributed by atoms with Crippen LogP contribution in [0.3, 0.4) is 0 Å². The number of aromatic nitrogens is 1. The predicted molar refractivity (Wildman–Crippen MR) is 106 cm³/mol. The lowest BCUT2D eigenvalue weighted by atomic mass is 9.93. The number of nitrogens with one attached hydrogen (secondary N) is 1. The summed E-state index contributed by atoms with van der Waals surface area (Å²) in [6.07, 6.45) is 6.58. The van der Waals surface area contributed by atoms with E-state index in [0.717, 1.165) is 45.4 Å². The van der Waals surface area contributed by atoms with Crippen molar-refractivity contribution in [1.29, 1.82) is 0 Å². The molecule has 2 aliphatic rings. The van der Waals surface area contributed by atoms with Crippen LogP contribution in [0.2, 0.25) is 0 Å². The van der Waals surface area contributed by atoms with E-state index in [1.165, 1.54) is 16.7 Å². The van der Waals surface area contributed by atoms with Crippen molar-refractivity contribution in [1.82, 2.24) is 20.1 Å². The maximum atomic E-state index is 12.9. The first kappa shape index (κ1) is 18.1. The average Bonchev–Trinajstić information content (AvgIpc) is 2.69. The largest absolute Gasteiger partial charge is 0.352 e. The number of nitrogens with zero attached hydrogens (tertiary/aromatic N) is 3. The SMILES string of the molecule is CN1Cc2ccccc2C[C@H]1C(=O)NC1CCN(Cc2cccnc2)CC1. The summed E-state index contributed by atoms with van der Waals surface area (Å²) < 4.78 is 0. The molecule has 5 nitrogen and oxygen atoms in total. The summed E-state index contributed by atoms with van der Waals surface area (Å²) in [6, 6.07) is 12.8. The van der Waals surface area contributed by atoms with Crippen LogP contribution in [0.15, 0.2) is 48.8 Å². The van der Waals surface area contributed by atoms with Gasteiger partial charge in [-0.2, -0.15) is 0 Å². The highest BCUT2D eigenvalue weighted by Gasteiger charge is 2.30. The van der Waals surface area contributed by atoms with Gasteiger partial charge in [0.2, 0.25) is 5.91 Å². The molecule has 2 aromatic rings. The molecule has 2 aliphatic heterocycles. The van der Waals surface area contributed by atoms with Crippen LogP contribution >= 0.6 is 0 Å². The average molecular weight is 364 g/mol.